The minimum Gasteiger partial charge on any atom is -0.487 e. The highest BCUT2D eigenvalue weighted by molar-refractivity contribution is 5.41. The van der Waals surface area contributed by atoms with Gasteiger partial charge in [0, 0.05) is 13.0 Å². The van der Waals surface area contributed by atoms with Crippen LogP contribution in [-0.2, 0) is 13.0 Å². The van der Waals surface area contributed by atoms with E-state index in [0.29, 0.717) is 0 Å². The molecule has 0 spiro atoms. The van der Waals surface area contributed by atoms with Gasteiger partial charge in [0.05, 0.1) is 6.10 Å². The molecule has 0 radical (unpaired) electrons. The van der Waals surface area contributed by atoms with Gasteiger partial charge in [0.25, 0.3) is 0 Å². The Hall–Kier alpha value is -1.06. The lowest BCUT2D eigenvalue weighted by molar-refractivity contribution is 0.138. The smallest absolute Gasteiger partial charge is 0.123 e. The minimum atomic E-state index is -0.193. The summed E-state index contributed by atoms with van der Waals surface area (Å²) in [7, 11) is 0. The lowest BCUT2D eigenvalue weighted by atomic mass is 10.0. The molecule has 2 rings (SSSR count). The van der Waals surface area contributed by atoms with Gasteiger partial charge in [0.1, 0.15) is 11.4 Å². The molecule has 0 aromatic heterocycles. The molecule has 3 heteroatoms. The predicted molar refractivity (Wildman–Crippen MR) is 77.5 cm³/mol. The first-order chi connectivity index (χ1) is 8.96. The highest BCUT2D eigenvalue weighted by Gasteiger charge is 2.29. The number of hydrogen-bond donors (Lipinski definition) is 2. The van der Waals surface area contributed by atoms with E-state index in [1.807, 2.05) is 6.92 Å². The average Bonchev–Trinajstić information content (AvgIpc) is 2.61. The van der Waals surface area contributed by atoms with Crippen LogP contribution in [0.2, 0.25) is 0 Å². The van der Waals surface area contributed by atoms with Crippen LogP contribution < -0.4 is 10.1 Å². The second-order valence-corrected chi connectivity index (χ2v) is 6.15. The van der Waals surface area contributed by atoms with Gasteiger partial charge < -0.3 is 15.2 Å². The molecule has 0 amide bonds. The van der Waals surface area contributed by atoms with Crippen molar-refractivity contribution < 1.29 is 9.84 Å². The molecule has 0 fully saturated rings. The highest BCUT2D eigenvalue weighted by Crippen LogP contribution is 2.35. The Labute approximate surface area is 116 Å². The maximum Gasteiger partial charge on any atom is 0.123 e. The molecule has 1 aliphatic rings. The molecule has 106 valence electrons. The fourth-order valence-corrected chi connectivity index (χ4v) is 2.53. The van der Waals surface area contributed by atoms with Gasteiger partial charge in [-0.25, -0.2) is 0 Å². The summed E-state index contributed by atoms with van der Waals surface area (Å²) in [4.78, 5) is 0. The first-order valence-electron chi connectivity index (χ1n) is 7.16. The standard InChI is InChI=1S/C16H25NO2/c1-12(18)5-4-8-17-11-13-6-7-15-14(9-13)10-16(2,3)19-15/h6-7,9,12,17-18H,4-5,8,10-11H2,1-3H3. The predicted octanol–water partition coefficient (Wildman–Crippen LogP) is 2.65. The van der Waals surface area contributed by atoms with Crippen LogP contribution in [-0.4, -0.2) is 23.4 Å². The number of rotatable bonds is 6. The summed E-state index contributed by atoms with van der Waals surface area (Å²) in [6, 6.07) is 6.45. The molecular formula is C16H25NO2. The fraction of sp³-hybridized carbons (Fsp3) is 0.625. The Morgan fingerprint density at radius 2 is 2.21 bits per heavy atom. The molecule has 19 heavy (non-hydrogen) atoms. The summed E-state index contributed by atoms with van der Waals surface area (Å²) in [6.45, 7) is 7.92. The van der Waals surface area contributed by atoms with Crippen LogP contribution in [0.5, 0.6) is 5.75 Å². The minimum absolute atomic E-state index is 0.0638. The number of nitrogens with one attached hydrogen (secondary N) is 1. The zero-order valence-corrected chi connectivity index (χ0v) is 12.2. The number of aliphatic hydroxyl groups is 1. The van der Waals surface area contributed by atoms with Gasteiger partial charge in [-0.1, -0.05) is 12.1 Å². The van der Waals surface area contributed by atoms with E-state index in [4.69, 9.17) is 4.74 Å². The van der Waals surface area contributed by atoms with Crippen molar-refractivity contribution in [1.29, 1.82) is 0 Å². The van der Waals surface area contributed by atoms with Crippen molar-refractivity contribution >= 4 is 0 Å². The molecule has 2 N–H and O–H groups in total. The Bertz CT molecular complexity index is 427. The van der Waals surface area contributed by atoms with E-state index in [0.717, 1.165) is 38.1 Å². The van der Waals surface area contributed by atoms with Crippen LogP contribution in [0, 0.1) is 0 Å². The van der Waals surface area contributed by atoms with Crippen LogP contribution in [0.4, 0.5) is 0 Å². The van der Waals surface area contributed by atoms with Gasteiger partial charge in [0.2, 0.25) is 0 Å². The molecule has 3 nitrogen and oxygen atoms in total. The zero-order chi connectivity index (χ0) is 13.9. The van der Waals surface area contributed by atoms with E-state index in [1.165, 1.54) is 11.1 Å². The number of benzene rings is 1. The molecule has 0 bridgehead atoms. The van der Waals surface area contributed by atoms with Crippen molar-refractivity contribution in [1.82, 2.24) is 5.32 Å². The van der Waals surface area contributed by atoms with Crippen LogP contribution in [0.15, 0.2) is 18.2 Å². The van der Waals surface area contributed by atoms with E-state index in [9.17, 15) is 5.11 Å². The topological polar surface area (TPSA) is 41.5 Å². The molecule has 1 aromatic carbocycles. The Morgan fingerprint density at radius 1 is 1.42 bits per heavy atom. The molecule has 1 aromatic rings. The Kier molecular flexibility index (Phi) is 4.48. The number of ether oxygens (including phenoxy) is 1. The van der Waals surface area contributed by atoms with E-state index in [-0.39, 0.29) is 11.7 Å². The molecule has 1 aliphatic heterocycles. The largest absolute Gasteiger partial charge is 0.487 e. The summed E-state index contributed by atoms with van der Waals surface area (Å²) in [5.41, 5.74) is 2.55. The van der Waals surface area contributed by atoms with Crippen molar-refractivity contribution in [2.45, 2.75) is 58.3 Å². The van der Waals surface area contributed by atoms with Gasteiger partial charge in [0.15, 0.2) is 0 Å². The monoisotopic (exact) mass is 263 g/mol. The molecule has 1 heterocycles. The van der Waals surface area contributed by atoms with E-state index < -0.39 is 0 Å². The van der Waals surface area contributed by atoms with Crippen LogP contribution in [0.1, 0.15) is 44.7 Å². The van der Waals surface area contributed by atoms with Crippen LogP contribution in [0.25, 0.3) is 0 Å². The Balaban J connectivity index is 1.80. The first-order valence-corrected chi connectivity index (χ1v) is 7.16. The summed E-state index contributed by atoms with van der Waals surface area (Å²) >= 11 is 0. The summed E-state index contributed by atoms with van der Waals surface area (Å²) in [6.07, 6.45) is 2.66. The third-order valence-electron chi connectivity index (χ3n) is 3.43. The molecule has 1 unspecified atom stereocenters. The molecule has 0 saturated carbocycles. The van der Waals surface area contributed by atoms with Crippen molar-refractivity contribution in [3.8, 4) is 5.75 Å². The van der Waals surface area contributed by atoms with Crippen molar-refractivity contribution in [2.24, 2.45) is 0 Å². The van der Waals surface area contributed by atoms with Gasteiger partial charge in [-0.05, 0) is 57.4 Å². The lowest BCUT2D eigenvalue weighted by Crippen LogP contribution is -2.24. The summed E-state index contributed by atoms with van der Waals surface area (Å²) < 4.78 is 5.87. The average molecular weight is 263 g/mol. The van der Waals surface area contributed by atoms with Crippen LogP contribution in [0.3, 0.4) is 0 Å². The maximum atomic E-state index is 9.18. The third-order valence-corrected chi connectivity index (χ3v) is 3.43. The second kappa shape index (κ2) is 5.93. The van der Waals surface area contributed by atoms with E-state index >= 15 is 0 Å². The maximum absolute atomic E-state index is 9.18. The van der Waals surface area contributed by atoms with E-state index in [1.54, 1.807) is 0 Å². The van der Waals surface area contributed by atoms with E-state index in [2.05, 4.69) is 37.4 Å². The number of fused-ring (bicyclic) bond motifs is 1. The van der Waals surface area contributed by atoms with Gasteiger partial charge >= 0.3 is 0 Å². The quantitative estimate of drug-likeness (QED) is 0.775. The van der Waals surface area contributed by atoms with Crippen molar-refractivity contribution in [2.75, 3.05) is 6.54 Å². The molecule has 0 saturated heterocycles. The highest BCUT2D eigenvalue weighted by atomic mass is 16.5. The molecule has 0 aliphatic carbocycles. The third kappa shape index (κ3) is 4.22. The normalized spacial score (nSPS) is 17.9. The second-order valence-electron chi connectivity index (χ2n) is 6.15. The van der Waals surface area contributed by atoms with Crippen LogP contribution >= 0.6 is 0 Å². The fourth-order valence-electron chi connectivity index (χ4n) is 2.53. The SMILES string of the molecule is CC(O)CCCNCc1ccc2c(c1)CC(C)(C)O2. The Morgan fingerprint density at radius 3 is 2.95 bits per heavy atom. The van der Waals surface area contributed by atoms with Crippen molar-refractivity contribution in [3.05, 3.63) is 29.3 Å². The number of hydrogen-bond acceptors (Lipinski definition) is 3. The zero-order valence-electron chi connectivity index (χ0n) is 12.2. The summed E-state index contributed by atoms with van der Waals surface area (Å²) in [5.74, 6) is 1.03. The first kappa shape index (κ1) is 14.4. The summed E-state index contributed by atoms with van der Waals surface area (Å²) in [5, 5.41) is 12.6. The number of aliphatic hydroxyl groups excluding tert-OH is 1. The lowest BCUT2D eigenvalue weighted by Gasteiger charge is -2.16. The molecular weight excluding hydrogens is 238 g/mol. The molecule has 1 atom stereocenters. The van der Waals surface area contributed by atoms with Gasteiger partial charge in [-0.15, -0.1) is 0 Å². The van der Waals surface area contributed by atoms with Gasteiger partial charge in [-0.2, -0.15) is 0 Å². The van der Waals surface area contributed by atoms with Crippen molar-refractivity contribution in [3.63, 3.8) is 0 Å². The van der Waals surface area contributed by atoms with Gasteiger partial charge in [-0.3, -0.25) is 0 Å².